The van der Waals surface area contributed by atoms with Crippen molar-refractivity contribution >= 4 is 17.8 Å². The SMILES string of the molecule is CNC(=O)CC(=O)/C=C/c1ccccc1O. The number of phenolic OH excluding ortho intramolecular Hbond substituents is 1. The maximum atomic E-state index is 11.3. The largest absolute Gasteiger partial charge is 0.507 e. The number of ketones is 1. The van der Waals surface area contributed by atoms with Gasteiger partial charge in [-0.1, -0.05) is 18.2 Å². The summed E-state index contributed by atoms with van der Waals surface area (Å²) in [6.45, 7) is 0. The molecule has 0 aliphatic heterocycles. The first-order valence-electron chi connectivity index (χ1n) is 4.83. The Labute approximate surface area is 93.6 Å². The predicted molar refractivity (Wildman–Crippen MR) is 60.8 cm³/mol. The monoisotopic (exact) mass is 219 g/mol. The normalized spacial score (nSPS) is 10.3. The molecule has 1 amide bonds. The third-order valence-corrected chi connectivity index (χ3v) is 2.00. The molecule has 0 atom stereocenters. The van der Waals surface area contributed by atoms with Gasteiger partial charge in [0.2, 0.25) is 5.91 Å². The number of nitrogens with one attached hydrogen (secondary N) is 1. The highest BCUT2D eigenvalue weighted by molar-refractivity contribution is 6.05. The second-order valence-corrected chi connectivity index (χ2v) is 3.21. The molecule has 1 aromatic rings. The molecule has 0 fully saturated rings. The topological polar surface area (TPSA) is 66.4 Å². The number of phenols is 1. The average molecular weight is 219 g/mol. The van der Waals surface area contributed by atoms with Gasteiger partial charge in [-0.2, -0.15) is 0 Å². The van der Waals surface area contributed by atoms with Crippen LogP contribution >= 0.6 is 0 Å². The molecule has 0 aromatic heterocycles. The summed E-state index contributed by atoms with van der Waals surface area (Å²) in [5.41, 5.74) is 0.549. The van der Waals surface area contributed by atoms with Crippen molar-refractivity contribution in [1.29, 1.82) is 0 Å². The van der Waals surface area contributed by atoms with Gasteiger partial charge in [-0.15, -0.1) is 0 Å². The molecule has 84 valence electrons. The number of allylic oxidation sites excluding steroid dienone is 1. The van der Waals surface area contributed by atoms with Gasteiger partial charge in [-0.05, 0) is 18.2 Å². The van der Waals surface area contributed by atoms with Crippen molar-refractivity contribution < 1.29 is 14.7 Å². The van der Waals surface area contributed by atoms with Gasteiger partial charge in [0.25, 0.3) is 0 Å². The highest BCUT2D eigenvalue weighted by Gasteiger charge is 2.04. The van der Waals surface area contributed by atoms with Crippen LogP contribution in [0.5, 0.6) is 5.75 Å². The van der Waals surface area contributed by atoms with Gasteiger partial charge in [0.05, 0.1) is 6.42 Å². The van der Waals surface area contributed by atoms with Crippen LogP contribution in [0.1, 0.15) is 12.0 Å². The third-order valence-electron chi connectivity index (χ3n) is 2.00. The molecule has 1 rings (SSSR count). The van der Waals surface area contributed by atoms with Gasteiger partial charge in [0.15, 0.2) is 5.78 Å². The van der Waals surface area contributed by atoms with Crippen LogP contribution in [0.15, 0.2) is 30.3 Å². The minimum absolute atomic E-state index is 0.103. The van der Waals surface area contributed by atoms with Crippen molar-refractivity contribution in [3.8, 4) is 5.75 Å². The van der Waals surface area contributed by atoms with E-state index < -0.39 is 0 Å². The molecule has 4 nitrogen and oxygen atoms in total. The summed E-state index contributed by atoms with van der Waals surface area (Å²) in [6, 6.07) is 6.66. The maximum Gasteiger partial charge on any atom is 0.227 e. The first kappa shape index (κ1) is 12.0. The zero-order valence-electron chi connectivity index (χ0n) is 8.93. The fourth-order valence-corrected chi connectivity index (χ4v) is 1.12. The molecule has 0 unspecified atom stereocenters. The quantitative estimate of drug-likeness (QED) is 0.589. The molecule has 0 aliphatic carbocycles. The van der Waals surface area contributed by atoms with E-state index in [2.05, 4.69) is 5.32 Å². The van der Waals surface area contributed by atoms with Crippen LogP contribution in [-0.4, -0.2) is 23.8 Å². The Morgan fingerprint density at radius 3 is 2.69 bits per heavy atom. The van der Waals surface area contributed by atoms with Gasteiger partial charge in [-0.3, -0.25) is 9.59 Å². The Morgan fingerprint density at radius 2 is 2.06 bits per heavy atom. The Morgan fingerprint density at radius 1 is 1.38 bits per heavy atom. The second kappa shape index (κ2) is 5.70. The van der Waals surface area contributed by atoms with Gasteiger partial charge in [0.1, 0.15) is 5.75 Å². The van der Waals surface area contributed by atoms with Gasteiger partial charge < -0.3 is 10.4 Å². The first-order chi connectivity index (χ1) is 7.63. The molecular formula is C12H13NO3. The van der Waals surface area contributed by atoms with Crippen LogP contribution in [-0.2, 0) is 9.59 Å². The molecule has 0 aliphatic rings. The molecule has 1 aromatic carbocycles. The van der Waals surface area contributed by atoms with Crippen molar-refractivity contribution in [3.63, 3.8) is 0 Å². The smallest absolute Gasteiger partial charge is 0.227 e. The molecule has 4 heteroatoms. The van der Waals surface area contributed by atoms with E-state index in [4.69, 9.17) is 0 Å². The number of benzene rings is 1. The van der Waals surface area contributed by atoms with Crippen molar-refractivity contribution in [2.75, 3.05) is 7.05 Å². The summed E-state index contributed by atoms with van der Waals surface area (Å²) in [7, 11) is 1.47. The number of aromatic hydroxyl groups is 1. The summed E-state index contributed by atoms with van der Waals surface area (Å²) in [4.78, 5) is 22.2. The van der Waals surface area contributed by atoms with Crippen molar-refractivity contribution in [3.05, 3.63) is 35.9 Å². The van der Waals surface area contributed by atoms with E-state index >= 15 is 0 Å². The highest BCUT2D eigenvalue weighted by Crippen LogP contribution is 2.16. The number of hydrogen-bond donors (Lipinski definition) is 2. The summed E-state index contributed by atoms with van der Waals surface area (Å²) < 4.78 is 0. The number of amides is 1. The van der Waals surface area contributed by atoms with E-state index in [1.807, 2.05) is 0 Å². The minimum Gasteiger partial charge on any atom is -0.507 e. The molecule has 0 radical (unpaired) electrons. The molecule has 0 saturated heterocycles. The molecule has 0 saturated carbocycles. The lowest BCUT2D eigenvalue weighted by Gasteiger charge is -1.97. The van der Waals surface area contributed by atoms with Gasteiger partial charge in [-0.25, -0.2) is 0 Å². The van der Waals surface area contributed by atoms with E-state index in [-0.39, 0.29) is 23.9 Å². The van der Waals surface area contributed by atoms with Crippen molar-refractivity contribution in [2.24, 2.45) is 0 Å². The van der Waals surface area contributed by atoms with E-state index in [1.165, 1.54) is 25.3 Å². The zero-order chi connectivity index (χ0) is 12.0. The standard InChI is InChI=1S/C12H13NO3/c1-13-12(16)8-10(14)7-6-9-4-2-3-5-11(9)15/h2-7,15H,8H2,1H3,(H,13,16)/b7-6+. The lowest BCUT2D eigenvalue weighted by atomic mass is 10.1. The lowest BCUT2D eigenvalue weighted by Crippen LogP contribution is -2.20. The van der Waals surface area contributed by atoms with E-state index in [0.29, 0.717) is 5.56 Å². The van der Waals surface area contributed by atoms with Crippen LogP contribution in [0.3, 0.4) is 0 Å². The predicted octanol–water partition coefficient (Wildman–Crippen LogP) is 1.11. The van der Waals surface area contributed by atoms with Gasteiger partial charge in [0, 0.05) is 12.6 Å². The van der Waals surface area contributed by atoms with Crippen LogP contribution < -0.4 is 5.32 Å². The fourth-order valence-electron chi connectivity index (χ4n) is 1.12. The lowest BCUT2D eigenvalue weighted by molar-refractivity contribution is -0.125. The molecule has 0 spiro atoms. The molecule has 2 N–H and O–H groups in total. The number of carbonyl (C=O) groups excluding carboxylic acids is 2. The zero-order valence-corrected chi connectivity index (χ0v) is 8.93. The Bertz CT molecular complexity index is 424. The molecule has 0 bridgehead atoms. The van der Waals surface area contributed by atoms with E-state index in [1.54, 1.807) is 18.2 Å². The molecular weight excluding hydrogens is 206 g/mol. The van der Waals surface area contributed by atoms with Crippen molar-refractivity contribution in [2.45, 2.75) is 6.42 Å². The fraction of sp³-hybridized carbons (Fsp3) is 0.167. The van der Waals surface area contributed by atoms with E-state index in [9.17, 15) is 14.7 Å². The second-order valence-electron chi connectivity index (χ2n) is 3.21. The van der Waals surface area contributed by atoms with Crippen LogP contribution in [0.4, 0.5) is 0 Å². The molecule has 0 heterocycles. The third kappa shape index (κ3) is 3.57. The summed E-state index contributed by atoms with van der Waals surface area (Å²) >= 11 is 0. The highest BCUT2D eigenvalue weighted by atomic mass is 16.3. The van der Waals surface area contributed by atoms with Crippen LogP contribution in [0.25, 0.3) is 6.08 Å². The van der Waals surface area contributed by atoms with Gasteiger partial charge >= 0.3 is 0 Å². The van der Waals surface area contributed by atoms with Crippen LogP contribution in [0, 0.1) is 0 Å². The number of para-hydroxylation sites is 1. The minimum atomic E-state index is -0.327. The van der Waals surface area contributed by atoms with Crippen LogP contribution in [0.2, 0.25) is 0 Å². The number of rotatable bonds is 4. The summed E-state index contributed by atoms with van der Waals surface area (Å²) in [5, 5.41) is 11.8. The Kier molecular flexibility index (Phi) is 4.27. The maximum absolute atomic E-state index is 11.3. The Hall–Kier alpha value is -2.10. The number of hydrogen-bond acceptors (Lipinski definition) is 3. The Balaban J connectivity index is 2.64. The summed E-state index contributed by atoms with van der Waals surface area (Å²) in [6.07, 6.45) is 2.59. The van der Waals surface area contributed by atoms with Crippen molar-refractivity contribution in [1.82, 2.24) is 5.32 Å². The first-order valence-corrected chi connectivity index (χ1v) is 4.83. The average Bonchev–Trinajstić information content (AvgIpc) is 2.28. The van der Waals surface area contributed by atoms with E-state index in [0.717, 1.165) is 0 Å². The molecule has 16 heavy (non-hydrogen) atoms. The number of carbonyl (C=O) groups is 2. The summed E-state index contributed by atoms with van der Waals surface area (Å²) in [5.74, 6) is -0.527.